The first-order valence-corrected chi connectivity index (χ1v) is 4.00. The fourth-order valence-electron chi connectivity index (χ4n) is 0.895. The zero-order chi connectivity index (χ0) is 8.10. The number of hydrogen-bond donors (Lipinski definition) is 3. The molecule has 0 aromatic rings. The number of amidine groups is 1. The van der Waals surface area contributed by atoms with Crippen molar-refractivity contribution in [1.29, 1.82) is 0 Å². The standard InChI is InChI=1S/C7H15N3O/c8-7(10-11)3-4-9-5-6-1-2-6/h6,9,11H,1-5H2,(H2,8,10). The van der Waals surface area contributed by atoms with Gasteiger partial charge in [0.15, 0.2) is 0 Å². The molecule has 1 aliphatic carbocycles. The van der Waals surface area contributed by atoms with E-state index in [9.17, 15) is 0 Å². The topological polar surface area (TPSA) is 70.6 Å². The second kappa shape index (κ2) is 4.18. The number of nitrogens with one attached hydrogen (secondary N) is 1. The maximum Gasteiger partial charge on any atom is 0.140 e. The van der Waals surface area contributed by atoms with Crippen molar-refractivity contribution < 1.29 is 5.21 Å². The van der Waals surface area contributed by atoms with Gasteiger partial charge in [0.2, 0.25) is 0 Å². The number of nitrogens with two attached hydrogens (primary N) is 1. The Morgan fingerprint density at radius 3 is 2.91 bits per heavy atom. The van der Waals surface area contributed by atoms with Gasteiger partial charge >= 0.3 is 0 Å². The number of oxime groups is 1. The van der Waals surface area contributed by atoms with Gasteiger partial charge in [-0.3, -0.25) is 0 Å². The molecule has 11 heavy (non-hydrogen) atoms. The van der Waals surface area contributed by atoms with Gasteiger partial charge in [-0.15, -0.1) is 0 Å². The molecule has 4 nitrogen and oxygen atoms in total. The van der Waals surface area contributed by atoms with Crippen LogP contribution in [0.4, 0.5) is 0 Å². The highest BCUT2D eigenvalue weighted by molar-refractivity contribution is 5.79. The third-order valence-corrected chi connectivity index (χ3v) is 1.82. The van der Waals surface area contributed by atoms with Crippen LogP contribution in [-0.4, -0.2) is 24.1 Å². The van der Waals surface area contributed by atoms with Crippen LogP contribution in [0.25, 0.3) is 0 Å². The van der Waals surface area contributed by atoms with Crippen LogP contribution in [0.3, 0.4) is 0 Å². The highest BCUT2D eigenvalue weighted by atomic mass is 16.4. The summed E-state index contributed by atoms with van der Waals surface area (Å²) in [7, 11) is 0. The summed E-state index contributed by atoms with van der Waals surface area (Å²) in [5, 5.41) is 14.3. The summed E-state index contributed by atoms with van der Waals surface area (Å²) >= 11 is 0. The number of nitrogens with zero attached hydrogens (tertiary/aromatic N) is 1. The summed E-state index contributed by atoms with van der Waals surface area (Å²) in [6.45, 7) is 1.89. The van der Waals surface area contributed by atoms with Gasteiger partial charge in [0.1, 0.15) is 5.84 Å². The molecule has 0 spiro atoms. The minimum atomic E-state index is 0.299. The van der Waals surface area contributed by atoms with Crippen LogP contribution in [0.15, 0.2) is 5.16 Å². The monoisotopic (exact) mass is 157 g/mol. The van der Waals surface area contributed by atoms with Crippen LogP contribution in [0.5, 0.6) is 0 Å². The predicted octanol–water partition coefficient (Wildman–Crippen LogP) is 0.122. The molecule has 0 aliphatic heterocycles. The lowest BCUT2D eigenvalue weighted by Gasteiger charge is -2.00. The van der Waals surface area contributed by atoms with Crippen LogP contribution in [-0.2, 0) is 0 Å². The average molecular weight is 157 g/mol. The van der Waals surface area contributed by atoms with E-state index in [1.807, 2.05) is 0 Å². The van der Waals surface area contributed by atoms with Crippen molar-refractivity contribution >= 4 is 5.84 Å². The lowest BCUT2D eigenvalue weighted by molar-refractivity contribution is 0.316. The lowest BCUT2D eigenvalue weighted by Crippen LogP contribution is -2.23. The number of rotatable bonds is 5. The van der Waals surface area contributed by atoms with E-state index in [2.05, 4.69) is 10.5 Å². The highest BCUT2D eigenvalue weighted by Crippen LogP contribution is 2.27. The van der Waals surface area contributed by atoms with Crippen molar-refractivity contribution in [1.82, 2.24) is 5.32 Å². The van der Waals surface area contributed by atoms with Crippen molar-refractivity contribution in [3.8, 4) is 0 Å². The van der Waals surface area contributed by atoms with E-state index in [0.29, 0.717) is 12.3 Å². The Bertz CT molecular complexity index is 143. The molecule has 0 atom stereocenters. The quantitative estimate of drug-likeness (QED) is 0.174. The second-order valence-electron chi connectivity index (χ2n) is 2.99. The predicted molar refractivity (Wildman–Crippen MR) is 43.6 cm³/mol. The normalized spacial score (nSPS) is 18.7. The van der Waals surface area contributed by atoms with Crippen molar-refractivity contribution in [2.45, 2.75) is 19.3 Å². The van der Waals surface area contributed by atoms with Gasteiger partial charge in [-0.1, -0.05) is 5.16 Å². The SMILES string of the molecule is NC(CCNCC1CC1)=NO. The van der Waals surface area contributed by atoms with Gasteiger partial charge in [0.05, 0.1) is 0 Å². The molecular weight excluding hydrogens is 142 g/mol. The minimum absolute atomic E-state index is 0.299. The highest BCUT2D eigenvalue weighted by Gasteiger charge is 2.19. The van der Waals surface area contributed by atoms with E-state index < -0.39 is 0 Å². The maximum atomic E-state index is 8.19. The van der Waals surface area contributed by atoms with E-state index in [1.54, 1.807) is 0 Å². The Hall–Kier alpha value is -0.770. The molecule has 64 valence electrons. The average Bonchev–Trinajstić information content (AvgIpc) is 2.81. The molecule has 0 aromatic carbocycles. The molecule has 1 rings (SSSR count). The van der Waals surface area contributed by atoms with Gasteiger partial charge in [0.25, 0.3) is 0 Å². The molecule has 0 radical (unpaired) electrons. The van der Waals surface area contributed by atoms with E-state index in [4.69, 9.17) is 10.9 Å². The zero-order valence-corrected chi connectivity index (χ0v) is 6.58. The Labute approximate surface area is 66.5 Å². The van der Waals surface area contributed by atoms with Gasteiger partial charge in [-0.05, 0) is 25.3 Å². The molecule has 4 N–H and O–H groups in total. The van der Waals surface area contributed by atoms with Gasteiger partial charge in [0, 0.05) is 13.0 Å². The molecule has 0 aromatic heterocycles. The third kappa shape index (κ3) is 3.83. The van der Waals surface area contributed by atoms with Gasteiger partial charge < -0.3 is 16.3 Å². The maximum absolute atomic E-state index is 8.19. The third-order valence-electron chi connectivity index (χ3n) is 1.82. The summed E-state index contributed by atoms with van der Waals surface area (Å²) in [6, 6.07) is 0. The molecule has 1 fully saturated rings. The Morgan fingerprint density at radius 1 is 1.64 bits per heavy atom. The molecule has 4 heteroatoms. The van der Waals surface area contributed by atoms with Crippen LogP contribution in [0.1, 0.15) is 19.3 Å². The Morgan fingerprint density at radius 2 is 2.36 bits per heavy atom. The first kappa shape index (κ1) is 8.33. The fraction of sp³-hybridized carbons (Fsp3) is 0.857. The summed E-state index contributed by atoms with van der Waals surface area (Å²) in [6.07, 6.45) is 3.34. The molecular formula is C7H15N3O. The first-order valence-electron chi connectivity index (χ1n) is 4.00. The van der Waals surface area contributed by atoms with Crippen molar-refractivity contribution in [3.05, 3.63) is 0 Å². The van der Waals surface area contributed by atoms with Crippen LogP contribution in [0, 0.1) is 5.92 Å². The molecule has 1 aliphatic rings. The lowest BCUT2D eigenvalue weighted by atomic mass is 10.3. The van der Waals surface area contributed by atoms with E-state index in [-0.39, 0.29) is 0 Å². The largest absolute Gasteiger partial charge is 0.409 e. The molecule has 1 saturated carbocycles. The van der Waals surface area contributed by atoms with Crippen molar-refractivity contribution in [2.75, 3.05) is 13.1 Å². The van der Waals surface area contributed by atoms with Gasteiger partial charge in [-0.25, -0.2) is 0 Å². The molecule has 0 bridgehead atoms. The van der Waals surface area contributed by atoms with Crippen LogP contribution < -0.4 is 11.1 Å². The first-order chi connectivity index (χ1) is 5.33. The summed E-state index contributed by atoms with van der Waals surface area (Å²) in [5.41, 5.74) is 5.27. The minimum Gasteiger partial charge on any atom is -0.409 e. The second-order valence-corrected chi connectivity index (χ2v) is 2.99. The summed E-state index contributed by atoms with van der Waals surface area (Å²) in [4.78, 5) is 0. The summed E-state index contributed by atoms with van der Waals surface area (Å²) in [5.74, 6) is 1.19. The Kier molecular flexibility index (Phi) is 3.16. The van der Waals surface area contributed by atoms with Crippen LogP contribution in [0.2, 0.25) is 0 Å². The molecule has 0 saturated heterocycles. The molecule has 0 unspecified atom stereocenters. The molecule has 0 amide bonds. The summed E-state index contributed by atoms with van der Waals surface area (Å²) < 4.78 is 0. The Balaban J connectivity index is 1.86. The van der Waals surface area contributed by atoms with E-state index >= 15 is 0 Å². The van der Waals surface area contributed by atoms with E-state index in [0.717, 1.165) is 19.0 Å². The van der Waals surface area contributed by atoms with Crippen molar-refractivity contribution in [2.24, 2.45) is 16.8 Å². The van der Waals surface area contributed by atoms with Crippen molar-refractivity contribution in [3.63, 3.8) is 0 Å². The fourth-order valence-corrected chi connectivity index (χ4v) is 0.895. The van der Waals surface area contributed by atoms with Crippen LogP contribution >= 0.6 is 0 Å². The van der Waals surface area contributed by atoms with E-state index in [1.165, 1.54) is 12.8 Å². The molecule has 0 heterocycles. The number of hydrogen-bond acceptors (Lipinski definition) is 3. The smallest absolute Gasteiger partial charge is 0.140 e. The zero-order valence-electron chi connectivity index (χ0n) is 6.58. The van der Waals surface area contributed by atoms with Gasteiger partial charge in [-0.2, -0.15) is 0 Å².